The van der Waals surface area contributed by atoms with Gasteiger partial charge in [-0.05, 0) is 40.5 Å². The third kappa shape index (κ3) is 5.52. The highest BCUT2D eigenvalue weighted by Crippen LogP contribution is 2.26. The average Bonchev–Trinajstić information content (AvgIpc) is 2.66. The van der Waals surface area contributed by atoms with Crippen molar-refractivity contribution >= 4 is 6.09 Å². The quantitative estimate of drug-likeness (QED) is 0.581. The minimum absolute atomic E-state index is 0.261. The first-order valence-corrected chi connectivity index (χ1v) is 6.81. The molecule has 1 aliphatic heterocycles. The number of carbonyl (C=O) groups excluding carboxylic acids is 1. The van der Waals surface area contributed by atoms with Crippen molar-refractivity contribution in [3.8, 4) is 12.3 Å². The second-order valence-electron chi connectivity index (χ2n) is 6.26. The number of unbranched alkanes of at least 4 members (excludes halogenated alkanes) is 1. The third-order valence-corrected chi connectivity index (χ3v) is 3.00. The van der Waals surface area contributed by atoms with Crippen LogP contribution in [0, 0.1) is 12.3 Å². The monoisotopic (exact) mass is 267 g/mol. The standard InChI is InChI=1S/C15H25NO3/c1-6-7-8-11-18-15(5)9-10-16(12-15)13(17)19-14(2,3)4/h1H,7-12H2,2-5H3. The maximum atomic E-state index is 11.9. The number of nitrogens with zero attached hydrogens (tertiary/aromatic N) is 1. The van der Waals surface area contributed by atoms with Crippen LogP contribution in [0.5, 0.6) is 0 Å². The molecule has 4 nitrogen and oxygen atoms in total. The summed E-state index contributed by atoms with van der Waals surface area (Å²) in [4.78, 5) is 13.7. The summed E-state index contributed by atoms with van der Waals surface area (Å²) in [6, 6.07) is 0. The molecule has 0 spiro atoms. The highest BCUT2D eigenvalue weighted by atomic mass is 16.6. The van der Waals surface area contributed by atoms with Crippen molar-refractivity contribution in [1.29, 1.82) is 0 Å². The molecule has 1 unspecified atom stereocenters. The van der Waals surface area contributed by atoms with Gasteiger partial charge in [0.15, 0.2) is 0 Å². The van der Waals surface area contributed by atoms with Crippen molar-refractivity contribution in [3.05, 3.63) is 0 Å². The Morgan fingerprint density at radius 3 is 2.74 bits per heavy atom. The summed E-state index contributed by atoms with van der Waals surface area (Å²) in [6.07, 6.45) is 7.36. The Morgan fingerprint density at radius 1 is 1.47 bits per heavy atom. The predicted molar refractivity (Wildman–Crippen MR) is 74.8 cm³/mol. The van der Waals surface area contributed by atoms with Crippen molar-refractivity contribution in [2.24, 2.45) is 0 Å². The van der Waals surface area contributed by atoms with Gasteiger partial charge in [-0.3, -0.25) is 0 Å². The van der Waals surface area contributed by atoms with E-state index in [0.29, 0.717) is 19.7 Å². The Bertz CT molecular complexity index is 353. The summed E-state index contributed by atoms with van der Waals surface area (Å²) in [7, 11) is 0. The van der Waals surface area contributed by atoms with Gasteiger partial charge in [0, 0.05) is 19.6 Å². The topological polar surface area (TPSA) is 38.8 Å². The van der Waals surface area contributed by atoms with E-state index in [1.54, 1.807) is 4.90 Å². The Morgan fingerprint density at radius 2 is 2.16 bits per heavy atom. The highest BCUT2D eigenvalue weighted by molar-refractivity contribution is 5.68. The predicted octanol–water partition coefficient (Wildman–Crippen LogP) is 2.82. The van der Waals surface area contributed by atoms with E-state index in [2.05, 4.69) is 5.92 Å². The lowest BCUT2D eigenvalue weighted by Crippen LogP contribution is -2.39. The first kappa shape index (κ1) is 15.8. The fourth-order valence-corrected chi connectivity index (χ4v) is 2.03. The summed E-state index contributed by atoms with van der Waals surface area (Å²) in [5.41, 5.74) is -0.727. The number of ether oxygens (including phenoxy) is 2. The van der Waals surface area contributed by atoms with Crippen LogP contribution in [0.15, 0.2) is 0 Å². The average molecular weight is 267 g/mol. The van der Waals surface area contributed by atoms with Gasteiger partial charge in [-0.1, -0.05) is 0 Å². The van der Waals surface area contributed by atoms with Gasteiger partial charge in [0.1, 0.15) is 5.60 Å². The van der Waals surface area contributed by atoms with Crippen LogP contribution in [-0.4, -0.2) is 41.9 Å². The lowest BCUT2D eigenvalue weighted by Gasteiger charge is -2.27. The van der Waals surface area contributed by atoms with Gasteiger partial charge >= 0.3 is 6.09 Å². The number of hydrogen-bond donors (Lipinski definition) is 0. The van der Waals surface area contributed by atoms with Crippen LogP contribution in [-0.2, 0) is 9.47 Å². The SMILES string of the molecule is C#CCCCOC1(C)CCN(C(=O)OC(C)(C)C)C1. The van der Waals surface area contributed by atoms with Gasteiger partial charge in [0.05, 0.1) is 12.1 Å². The molecule has 1 heterocycles. The third-order valence-electron chi connectivity index (χ3n) is 3.00. The molecule has 1 aliphatic rings. The van der Waals surface area contributed by atoms with Crippen LogP contribution in [0.25, 0.3) is 0 Å². The molecule has 0 saturated carbocycles. The van der Waals surface area contributed by atoms with E-state index in [-0.39, 0.29) is 11.7 Å². The van der Waals surface area contributed by atoms with Crippen molar-refractivity contribution in [2.75, 3.05) is 19.7 Å². The molecule has 1 rings (SSSR count). The smallest absolute Gasteiger partial charge is 0.410 e. The van der Waals surface area contributed by atoms with Crippen LogP contribution in [0.2, 0.25) is 0 Å². The molecule has 1 saturated heterocycles. The zero-order chi connectivity index (χ0) is 14.5. The minimum Gasteiger partial charge on any atom is -0.444 e. The van der Waals surface area contributed by atoms with E-state index in [1.165, 1.54) is 0 Å². The van der Waals surface area contributed by atoms with Crippen molar-refractivity contribution < 1.29 is 14.3 Å². The van der Waals surface area contributed by atoms with Gasteiger partial charge in [-0.15, -0.1) is 12.3 Å². The molecule has 19 heavy (non-hydrogen) atoms. The Balaban J connectivity index is 2.39. The van der Waals surface area contributed by atoms with Crippen LogP contribution in [0.4, 0.5) is 4.79 Å². The van der Waals surface area contributed by atoms with Crippen molar-refractivity contribution in [3.63, 3.8) is 0 Å². The van der Waals surface area contributed by atoms with Gasteiger partial charge in [0.2, 0.25) is 0 Å². The molecular formula is C15H25NO3. The number of rotatable bonds is 4. The summed E-state index contributed by atoms with van der Waals surface area (Å²) in [5, 5.41) is 0. The Labute approximate surface area is 116 Å². The van der Waals surface area contributed by atoms with Gasteiger partial charge in [-0.25, -0.2) is 4.79 Å². The number of terminal acetylenes is 1. The lowest BCUT2D eigenvalue weighted by atomic mass is 10.1. The molecule has 0 aromatic heterocycles. The zero-order valence-corrected chi connectivity index (χ0v) is 12.5. The van der Waals surface area contributed by atoms with Crippen LogP contribution in [0.1, 0.15) is 47.0 Å². The van der Waals surface area contributed by atoms with E-state index in [4.69, 9.17) is 15.9 Å². The summed E-state index contributed by atoms with van der Waals surface area (Å²) >= 11 is 0. The number of likely N-dealkylation sites (tertiary alicyclic amines) is 1. The lowest BCUT2D eigenvalue weighted by molar-refractivity contribution is -0.0277. The fourth-order valence-electron chi connectivity index (χ4n) is 2.03. The maximum absolute atomic E-state index is 11.9. The van der Waals surface area contributed by atoms with Crippen LogP contribution >= 0.6 is 0 Å². The molecule has 1 fully saturated rings. The summed E-state index contributed by atoms with van der Waals surface area (Å²) < 4.78 is 11.2. The number of amides is 1. The van der Waals surface area contributed by atoms with Gasteiger partial charge < -0.3 is 14.4 Å². The molecule has 4 heteroatoms. The van der Waals surface area contributed by atoms with Crippen LogP contribution in [0.3, 0.4) is 0 Å². The van der Waals surface area contributed by atoms with E-state index < -0.39 is 5.60 Å². The van der Waals surface area contributed by atoms with Crippen molar-refractivity contribution in [1.82, 2.24) is 4.90 Å². The molecule has 0 aromatic carbocycles. The maximum Gasteiger partial charge on any atom is 0.410 e. The first-order valence-electron chi connectivity index (χ1n) is 6.81. The van der Waals surface area contributed by atoms with E-state index >= 15 is 0 Å². The summed E-state index contributed by atoms with van der Waals surface area (Å²) in [5.74, 6) is 2.59. The fraction of sp³-hybridized carbons (Fsp3) is 0.800. The molecule has 0 radical (unpaired) electrons. The molecule has 0 N–H and O–H groups in total. The highest BCUT2D eigenvalue weighted by Gasteiger charge is 2.38. The van der Waals surface area contributed by atoms with Gasteiger partial charge in [-0.2, -0.15) is 0 Å². The van der Waals surface area contributed by atoms with Crippen LogP contribution < -0.4 is 0 Å². The second-order valence-corrected chi connectivity index (χ2v) is 6.26. The number of hydrogen-bond acceptors (Lipinski definition) is 3. The minimum atomic E-state index is -0.455. The molecular weight excluding hydrogens is 242 g/mol. The molecule has 108 valence electrons. The number of carbonyl (C=O) groups is 1. The normalized spacial score (nSPS) is 23.2. The Kier molecular flexibility index (Phi) is 5.25. The van der Waals surface area contributed by atoms with Crippen molar-refractivity contribution in [2.45, 2.75) is 58.2 Å². The molecule has 1 atom stereocenters. The Hall–Kier alpha value is -1.21. The first-order chi connectivity index (χ1) is 8.76. The molecule has 1 amide bonds. The largest absolute Gasteiger partial charge is 0.444 e. The summed E-state index contributed by atoms with van der Waals surface area (Å²) in [6.45, 7) is 9.55. The van der Waals surface area contributed by atoms with E-state index in [0.717, 1.165) is 19.3 Å². The van der Waals surface area contributed by atoms with Gasteiger partial charge in [0.25, 0.3) is 0 Å². The second kappa shape index (κ2) is 6.29. The zero-order valence-electron chi connectivity index (χ0n) is 12.5. The molecule has 0 bridgehead atoms. The van der Waals surface area contributed by atoms with E-state index in [9.17, 15) is 4.79 Å². The molecule has 0 aromatic rings. The van der Waals surface area contributed by atoms with E-state index in [1.807, 2.05) is 27.7 Å². The molecule has 0 aliphatic carbocycles.